The van der Waals surface area contributed by atoms with Crippen molar-refractivity contribution in [2.75, 3.05) is 13.1 Å². The van der Waals surface area contributed by atoms with Gasteiger partial charge >= 0.3 is 0 Å². The minimum atomic E-state index is -0.166. The summed E-state index contributed by atoms with van der Waals surface area (Å²) in [6.07, 6.45) is 1.64. The van der Waals surface area contributed by atoms with Crippen molar-refractivity contribution in [2.24, 2.45) is 5.92 Å². The van der Waals surface area contributed by atoms with Gasteiger partial charge in [-0.1, -0.05) is 35.4 Å². The molecule has 1 N–H and O–H groups in total. The maximum atomic E-state index is 12.7. The van der Waals surface area contributed by atoms with Gasteiger partial charge < -0.3 is 10.2 Å². The first-order chi connectivity index (χ1) is 12.9. The smallest absolute Gasteiger partial charge is 0.253 e. The highest BCUT2D eigenvalue weighted by molar-refractivity contribution is 6.30. The van der Waals surface area contributed by atoms with E-state index in [0.717, 1.165) is 18.4 Å². The summed E-state index contributed by atoms with van der Waals surface area (Å²) >= 11 is 5.89. The van der Waals surface area contributed by atoms with Gasteiger partial charge in [0.1, 0.15) is 0 Å². The molecule has 0 radical (unpaired) electrons. The number of piperidine rings is 1. The maximum Gasteiger partial charge on any atom is 0.253 e. The van der Waals surface area contributed by atoms with Crippen LogP contribution in [0.4, 0.5) is 0 Å². The average molecular weight is 385 g/mol. The molecule has 142 valence electrons. The molecule has 5 heteroatoms. The Morgan fingerprint density at radius 1 is 1.15 bits per heavy atom. The molecule has 1 fully saturated rings. The molecule has 0 spiro atoms. The fourth-order valence-corrected chi connectivity index (χ4v) is 3.65. The van der Waals surface area contributed by atoms with Gasteiger partial charge in [-0.05, 0) is 62.1 Å². The zero-order chi connectivity index (χ0) is 19.4. The highest BCUT2D eigenvalue weighted by Crippen LogP contribution is 2.20. The van der Waals surface area contributed by atoms with Crippen molar-refractivity contribution in [2.45, 2.75) is 33.2 Å². The first-order valence-corrected chi connectivity index (χ1v) is 9.70. The monoisotopic (exact) mass is 384 g/mol. The van der Waals surface area contributed by atoms with Crippen LogP contribution in [0.5, 0.6) is 0 Å². The molecule has 2 amide bonds. The Kier molecular flexibility index (Phi) is 6.17. The number of amides is 2. The molecule has 3 rings (SSSR count). The van der Waals surface area contributed by atoms with Crippen LogP contribution in [-0.2, 0) is 11.3 Å². The van der Waals surface area contributed by atoms with Gasteiger partial charge in [0, 0.05) is 30.2 Å². The quantitative estimate of drug-likeness (QED) is 0.861. The number of benzene rings is 2. The van der Waals surface area contributed by atoms with Crippen LogP contribution in [0.15, 0.2) is 42.5 Å². The summed E-state index contributed by atoms with van der Waals surface area (Å²) < 4.78 is 0. The Morgan fingerprint density at radius 3 is 2.59 bits per heavy atom. The molecule has 27 heavy (non-hydrogen) atoms. The van der Waals surface area contributed by atoms with E-state index >= 15 is 0 Å². The van der Waals surface area contributed by atoms with Gasteiger partial charge in [0.25, 0.3) is 5.91 Å². The molecule has 1 aliphatic rings. The zero-order valence-electron chi connectivity index (χ0n) is 15.8. The molecule has 0 saturated carbocycles. The first-order valence-electron chi connectivity index (χ1n) is 9.32. The Bertz CT molecular complexity index is 833. The maximum absolute atomic E-state index is 12.7. The summed E-state index contributed by atoms with van der Waals surface area (Å²) in [5.41, 5.74) is 4.12. The summed E-state index contributed by atoms with van der Waals surface area (Å²) in [7, 11) is 0. The third-order valence-corrected chi connectivity index (χ3v) is 5.37. The van der Waals surface area contributed by atoms with Crippen molar-refractivity contribution in [1.29, 1.82) is 0 Å². The lowest BCUT2D eigenvalue weighted by Crippen LogP contribution is -2.45. The van der Waals surface area contributed by atoms with Crippen molar-refractivity contribution in [3.63, 3.8) is 0 Å². The van der Waals surface area contributed by atoms with Gasteiger partial charge in [-0.2, -0.15) is 0 Å². The minimum Gasteiger partial charge on any atom is -0.352 e. The van der Waals surface area contributed by atoms with E-state index < -0.39 is 0 Å². The summed E-state index contributed by atoms with van der Waals surface area (Å²) in [5.74, 6) is -0.192. The normalized spacial score (nSPS) is 16.9. The predicted molar refractivity (Wildman–Crippen MR) is 108 cm³/mol. The Labute approximate surface area is 165 Å². The first kappa shape index (κ1) is 19.4. The van der Waals surface area contributed by atoms with E-state index in [-0.39, 0.29) is 17.7 Å². The second kappa shape index (κ2) is 8.57. The third-order valence-electron chi connectivity index (χ3n) is 5.12. The lowest BCUT2D eigenvalue weighted by Gasteiger charge is -2.32. The molecule has 2 aromatic carbocycles. The second-order valence-corrected chi connectivity index (χ2v) is 7.68. The summed E-state index contributed by atoms with van der Waals surface area (Å²) in [6, 6.07) is 13.1. The number of carbonyl (C=O) groups excluding carboxylic acids is 2. The molecule has 1 aliphatic heterocycles. The van der Waals surface area contributed by atoms with Crippen LogP contribution >= 0.6 is 11.6 Å². The lowest BCUT2D eigenvalue weighted by molar-refractivity contribution is -0.126. The van der Waals surface area contributed by atoms with Crippen molar-refractivity contribution >= 4 is 23.4 Å². The minimum absolute atomic E-state index is 0.0172. The van der Waals surface area contributed by atoms with E-state index in [1.165, 1.54) is 11.1 Å². The van der Waals surface area contributed by atoms with Crippen molar-refractivity contribution in [1.82, 2.24) is 10.2 Å². The van der Waals surface area contributed by atoms with Crippen LogP contribution in [0.25, 0.3) is 0 Å². The molecule has 1 atom stereocenters. The van der Waals surface area contributed by atoms with Gasteiger partial charge in [-0.15, -0.1) is 0 Å². The van der Waals surface area contributed by atoms with Gasteiger partial charge in [-0.3, -0.25) is 9.59 Å². The predicted octanol–water partition coefficient (Wildman–Crippen LogP) is 4.13. The van der Waals surface area contributed by atoms with Crippen molar-refractivity contribution in [3.05, 3.63) is 69.7 Å². The van der Waals surface area contributed by atoms with Crippen LogP contribution in [-0.4, -0.2) is 29.8 Å². The number of carbonyl (C=O) groups is 2. The van der Waals surface area contributed by atoms with Crippen LogP contribution < -0.4 is 5.32 Å². The molecule has 0 aliphatic carbocycles. The van der Waals surface area contributed by atoms with Crippen LogP contribution in [0.1, 0.15) is 39.9 Å². The summed E-state index contributed by atoms with van der Waals surface area (Å²) in [6.45, 7) is 5.78. The zero-order valence-corrected chi connectivity index (χ0v) is 16.6. The van der Waals surface area contributed by atoms with E-state index in [1.807, 2.05) is 0 Å². The fourth-order valence-electron chi connectivity index (χ4n) is 3.52. The molecular weight excluding hydrogens is 360 g/mol. The number of nitrogens with zero attached hydrogens (tertiary/aromatic N) is 1. The van der Waals surface area contributed by atoms with Crippen LogP contribution in [0.3, 0.4) is 0 Å². The Morgan fingerprint density at radius 2 is 1.89 bits per heavy atom. The lowest BCUT2D eigenvalue weighted by atomic mass is 9.96. The number of hydrogen-bond donors (Lipinski definition) is 1. The van der Waals surface area contributed by atoms with E-state index in [9.17, 15) is 9.59 Å². The number of rotatable bonds is 4. The molecule has 0 bridgehead atoms. The second-order valence-electron chi connectivity index (χ2n) is 7.24. The number of likely N-dealkylation sites (tertiary alicyclic amines) is 1. The third kappa shape index (κ3) is 4.89. The van der Waals surface area contributed by atoms with E-state index in [1.54, 1.807) is 29.2 Å². The largest absolute Gasteiger partial charge is 0.352 e. The van der Waals surface area contributed by atoms with Gasteiger partial charge in [0.2, 0.25) is 5.91 Å². The van der Waals surface area contributed by atoms with Crippen molar-refractivity contribution < 1.29 is 9.59 Å². The number of nitrogens with one attached hydrogen (secondary N) is 1. The standard InChI is InChI=1S/C22H25ClN2O2/c1-15-5-6-18(16(2)12-15)13-24-21(26)19-4-3-11-25(14-19)22(27)17-7-9-20(23)10-8-17/h5-10,12,19H,3-4,11,13-14H2,1-2H3,(H,24,26). The highest BCUT2D eigenvalue weighted by atomic mass is 35.5. The van der Waals surface area contributed by atoms with Gasteiger partial charge in [-0.25, -0.2) is 0 Å². The molecular formula is C22H25ClN2O2. The Balaban J connectivity index is 1.59. The SMILES string of the molecule is Cc1ccc(CNC(=O)C2CCCN(C(=O)c3ccc(Cl)cc3)C2)c(C)c1. The van der Waals surface area contributed by atoms with Gasteiger partial charge in [0.15, 0.2) is 0 Å². The molecule has 1 unspecified atom stereocenters. The van der Waals surface area contributed by atoms with Crippen molar-refractivity contribution in [3.8, 4) is 0 Å². The summed E-state index contributed by atoms with van der Waals surface area (Å²) in [4.78, 5) is 27.1. The molecule has 4 nitrogen and oxygen atoms in total. The van der Waals surface area contributed by atoms with Crippen LogP contribution in [0.2, 0.25) is 5.02 Å². The topological polar surface area (TPSA) is 49.4 Å². The molecule has 0 aromatic heterocycles. The number of hydrogen-bond acceptors (Lipinski definition) is 2. The van der Waals surface area contributed by atoms with E-state index in [0.29, 0.717) is 30.2 Å². The molecule has 1 saturated heterocycles. The van der Waals surface area contributed by atoms with Crippen LogP contribution in [0, 0.1) is 19.8 Å². The Hall–Kier alpha value is -2.33. The van der Waals surface area contributed by atoms with E-state index in [2.05, 4.69) is 37.4 Å². The molecule has 1 heterocycles. The van der Waals surface area contributed by atoms with Gasteiger partial charge in [0.05, 0.1) is 5.92 Å². The number of halogens is 1. The fraction of sp³-hybridized carbons (Fsp3) is 0.364. The van der Waals surface area contributed by atoms with E-state index in [4.69, 9.17) is 11.6 Å². The molecule has 2 aromatic rings. The average Bonchev–Trinajstić information content (AvgIpc) is 2.67. The number of aryl methyl sites for hydroxylation is 2. The summed E-state index contributed by atoms with van der Waals surface area (Å²) in [5, 5.41) is 3.65. The highest BCUT2D eigenvalue weighted by Gasteiger charge is 2.28.